The number of aromatic nitrogens is 2. The molecule has 1 fully saturated rings. The van der Waals surface area contributed by atoms with Gasteiger partial charge in [0.15, 0.2) is 0 Å². The molecule has 1 aromatic heterocycles. The van der Waals surface area contributed by atoms with Crippen LogP contribution < -0.4 is 5.46 Å². The number of allylic oxidation sites excluding steroid dienone is 1. The van der Waals surface area contributed by atoms with Crippen molar-refractivity contribution < 1.29 is 14.0 Å². The lowest BCUT2D eigenvalue weighted by Crippen LogP contribution is -2.41. The van der Waals surface area contributed by atoms with Crippen molar-refractivity contribution in [2.45, 2.75) is 64.3 Å². The van der Waals surface area contributed by atoms with Crippen molar-refractivity contribution in [2.75, 3.05) is 7.11 Å². The SMILES string of the molecule is COC1CC=C(c2cnc3cc(B4OC(C)(C)C(C)(C)O4)ccc3n2)CC1. The average molecular weight is 366 g/mol. The van der Waals surface area contributed by atoms with Crippen molar-refractivity contribution in [3.05, 3.63) is 36.2 Å². The maximum Gasteiger partial charge on any atom is 0.494 e. The fourth-order valence-electron chi connectivity index (χ4n) is 3.57. The lowest BCUT2D eigenvalue weighted by atomic mass is 9.79. The van der Waals surface area contributed by atoms with Crippen LogP contribution in [0.1, 0.15) is 52.7 Å². The van der Waals surface area contributed by atoms with Gasteiger partial charge < -0.3 is 14.0 Å². The summed E-state index contributed by atoms with van der Waals surface area (Å²) in [5.74, 6) is 0. The lowest BCUT2D eigenvalue weighted by Gasteiger charge is -2.32. The first-order valence-corrected chi connectivity index (χ1v) is 9.63. The molecule has 1 aliphatic carbocycles. The summed E-state index contributed by atoms with van der Waals surface area (Å²) in [5.41, 5.74) is 4.24. The predicted molar refractivity (Wildman–Crippen MR) is 108 cm³/mol. The molecular formula is C21H27BN2O3. The summed E-state index contributed by atoms with van der Waals surface area (Å²) in [4.78, 5) is 9.48. The number of fused-ring (bicyclic) bond motifs is 1. The summed E-state index contributed by atoms with van der Waals surface area (Å²) in [5, 5.41) is 0. The van der Waals surface area contributed by atoms with Crippen LogP contribution in [-0.2, 0) is 14.0 Å². The molecule has 6 heteroatoms. The molecule has 1 aromatic carbocycles. The molecule has 0 radical (unpaired) electrons. The molecule has 0 bridgehead atoms. The molecule has 2 aliphatic rings. The van der Waals surface area contributed by atoms with E-state index < -0.39 is 0 Å². The van der Waals surface area contributed by atoms with E-state index in [9.17, 15) is 0 Å². The lowest BCUT2D eigenvalue weighted by molar-refractivity contribution is 0.00578. The zero-order valence-corrected chi connectivity index (χ0v) is 16.8. The number of hydrogen-bond donors (Lipinski definition) is 0. The van der Waals surface area contributed by atoms with E-state index in [0.717, 1.165) is 41.5 Å². The van der Waals surface area contributed by atoms with Crippen LogP contribution in [0.3, 0.4) is 0 Å². The third-order valence-corrected chi connectivity index (χ3v) is 6.12. The highest BCUT2D eigenvalue weighted by molar-refractivity contribution is 6.62. The molecule has 0 N–H and O–H groups in total. The van der Waals surface area contributed by atoms with Crippen LogP contribution in [0.4, 0.5) is 0 Å². The molecule has 1 unspecified atom stereocenters. The van der Waals surface area contributed by atoms with Gasteiger partial charge in [0.05, 0.1) is 40.2 Å². The molecule has 4 rings (SSSR count). The van der Waals surface area contributed by atoms with Crippen LogP contribution >= 0.6 is 0 Å². The molecule has 0 amide bonds. The van der Waals surface area contributed by atoms with E-state index in [0.29, 0.717) is 6.10 Å². The third kappa shape index (κ3) is 3.42. The fourth-order valence-corrected chi connectivity index (χ4v) is 3.57. The van der Waals surface area contributed by atoms with Gasteiger partial charge in [0.2, 0.25) is 0 Å². The molecule has 1 saturated heterocycles. The topological polar surface area (TPSA) is 53.5 Å². The first kappa shape index (κ1) is 18.6. The van der Waals surface area contributed by atoms with Crippen molar-refractivity contribution in [2.24, 2.45) is 0 Å². The van der Waals surface area contributed by atoms with E-state index in [1.54, 1.807) is 7.11 Å². The van der Waals surface area contributed by atoms with E-state index in [-0.39, 0.29) is 18.3 Å². The molecule has 2 aromatic rings. The summed E-state index contributed by atoms with van der Waals surface area (Å²) in [6.45, 7) is 8.25. The Morgan fingerprint density at radius 1 is 1.11 bits per heavy atom. The number of methoxy groups -OCH3 is 1. The van der Waals surface area contributed by atoms with E-state index in [1.807, 2.05) is 24.4 Å². The van der Waals surface area contributed by atoms with Gasteiger partial charge >= 0.3 is 7.12 Å². The molecule has 0 spiro atoms. The molecule has 2 heterocycles. The van der Waals surface area contributed by atoms with Crippen molar-refractivity contribution in [3.63, 3.8) is 0 Å². The van der Waals surface area contributed by atoms with Gasteiger partial charge in [-0.05, 0) is 70.1 Å². The van der Waals surface area contributed by atoms with Crippen molar-refractivity contribution in [1.82, 2.24) is 9.97 Å². The van der Waals surface area contributed by atoms with Gasteiger partial charge in [-0.25, -0.2) is 4.98 Å². The third-order valence-electron chi connectivity index (χ3n) is 6.12. The Kier molecular flexibility index (Phi) is 4.61. The number of rotatable bonds is 3. The Hall–Kier alpha value is -1.76. The number of nitrogens with zero attached hydrogens (tertiary/aromatic N) is 2. The van der Waals surface area contributed by atoms with E-state index in [1.165, 1.54) is 5.57 Å². The maximum absolute atomic E-state index is 6.15. The summed E-state index contributed by atoms with van der Waals surface area (Å²) in [6, 6.07) is 6.05. The van der Waals surface area contributed by atoms with Crippen LogP contribution in [-0.4, -0.2) is 41.5 Å². The van der Waals surface area contributed by atoms with Crippen molar-refractivity contribution in [1.29, 1.82) is 0 Å². The Balaban J connectivity index is 1.59. The van der Waals surface area contributed by atoms with Crippen LogP contribution in [0.15, 0.2) is 30.5 Å². The summed E-state index contributed by atoms with van der Waals surface area (Å²) in [7, 11) is 1.39. The zero-order valence-electron chi connectivity index (χ0n) is 16.8. The highest BCUT2D eigenvalue weighted by Gasteiger charge is 2.51. The second-order valence-electron chi connectivity index (χ2n) is 8.45. The van der Waals surface area contributed by atoms with Gasteiger partial charge in [0, 0.05) is 7.11 Å². The summed E-state index contributed by atoms with van der Waals surface area (Å²) >= 11 is 0. The molecule has 1 atom stereocenters. The van der Waals surface area contributed by atoms with Crippen LogP contribution in [0, 0.1) is 0 Å². The number of ether oxygens (including phenoxy) is 1. The largest absolute Gasteiger partial charge is 0.494 e. The van der Waals surface area contributed by atoms with Crippen LogP contribution in [0.5, 0.6) is 0 Å². The molecule has 142 valence electrons. The second-order valence-corrected chi connectivity index (χ2v) is 8.45. The molecule has 5 nitrogen and oxygen atoms in total. The Labute approximate surface area is 161 Å². The van der Waals surface area contributed by atoms with Gasteiger partial charge in [0.1, 0.15) is 0 Å². The van der Waals surface area contributed by atoms with E-state index in [2.05, 4.69) is 38.8 Å². The average Bonchev–Trinajstić information content (AvgIpc) is 2.88. The smallest absolute Gasteiger partial charge is 0.399 e. The predicted octanol–water partition coefficient (Wildman–Crippen LogP) is 3.51. The Morgan fingerprint density at radius 3 is 2.48 bits per heavy atom. The monoisotopic (exact) mass is 366 g/mol. The maximum atomic E-state index is 6.15. The molecule has 0 saturated carbocycles. The quantitative estimate of drug-likeness (QED) is 0.778. The molecular weight excluding hydrogens is 339 g/mol. The van der Waals surface area contributed by atoms with Gasteiger partial charge in [-0.15, -0.1) is 0 Å². The van der Waals surface area contributed by atoms with Crippen molar-refractivity contribution in [3.8, 4) is 0 Å². The first-order valence-electron chi connectivity index (χ1n) is 9.63. The standard InChI is InChI=1S/C21H27BN2O3/c1-20(2)21(3,4)27-22(26-20)15-8-11-17-18(12-15)23-13-19(24-17)14-6-9-16(25-5)10-7-14/h6,8,11-13,16H,7,9-10H2,1-5H3. The number of benzene rings is 1. The second kappa shape index (κ2) is 6.69. The minimum absolute atomic E-state index is 0.324. The minimum atomic E-state index is -0.382. The summed E-state index contributed by atoms with van der Waals surface area (Å²) < 4.78 is 17.7. The van der Waals surface area contributed by atoms with Gasteiger partial charge in [-0.2, -0.15) is 0 Å². The fraction of sp³-hybridized carbons (Fsp3) is 0.524. The van der Waals surface area contributed by atoms with Gasteiger partial charge in [0.25, 0.3) is 0 Å². The Morgan fingerprint density at radius 2 is 1.85 bits per heavy atom. The molecule has 1 aliphatic heterocycles. The highest BCUT2D eigenvalue weighted by atomic mass is 16.7. The minimum Gasteiger partial charge on any atom is -0.399 e. The van der Waals surface area contributed by atoms with Gasteiger partial charge in [-0.3, -0.25) is 4.98 Å². The van der Waals surface area contributed by atoms with Gasteiger partial charge in [-0.1, -0.05) is 12.1 Å². The van der Waals surface area contributed by atoms with Crippen LogP contribution in [0.25, 0.3) is 16.6 Å². The van der Waals surface area contributed by atoms with Crippen LogP contribution in [0.2, 0.25) is 0 Å². The van der Waals surface area contributed by atoms with Crippen molar-refractivity contribution >= 4 is 29.2 Å². The zero-order chi connectivity index (χ0) is 19.2. The highest BCUT2D eigenvalue weighted by Crippen LogP contribution is 2.36. The normalized spacial score (nSPS) is 24.3. The molecule has 27 heavy (non-hydrogen) atoms. The first-order chi connectivity index (χ1) is 12.8. The number of hydrogen-bond acceptors (Lipinski definition) is 5. The Bertz CT molecular complexity index is 878. The summed E-state index contributed by atoms with van der Waals surface area (Å²) in [6.07, 6.45) is 7.37. The van der Waals surface area contributed by atoms with E-state index in [4.69, 9.17) is 19.0 Å². The van der Waals surface area contributed by atoms with E-state index >= 15 is 0 Å².